The summed E-state index contributed by atoms with van der Waals surface area (Å²) in [5.41, 5.74) is -0.263. The molecule has 7 nitrogen and oxygen atoms in total. The fourth-order valence-corrected chi connectivity index (χ4v) is 9.80. The van der Waals surface area contributed by atoms with Gasteiger partial charge in [-0.2, -0.15) is 0 Å². The van der Waals surface area contributed by atoms with Crippen LogP contribution in [0.15, 0.2) is 9.82 Å². The molecule has 1 aromatic rings. The third-order valence-electron chi connectivity index (χ3n) is 7.59. The molecule has 1 aromatic heterocycles. The average molecular weight is 437 g/mol. The number of H-pyrrole nitrogens is 1. The van der Waals surface area contributed by atoms with E-state index in [-0.39, 0.29) is 51.0 Å². The Morgan fingerprint density at radius 1 is 1.17 bits per heavy atom. The molecule has 4 aliphatic rings. The number of imide groups is 1. The van der Waals surface area contributed by atoms with Gasteiger partial charge in [0.1, 0.15) is 6.04 Å². The minimum absolute atomic E-state index is 0.0406. The van der Waals surface area contributed by atoms with E-state index in [1.54, 1.807) is 25.6 Å². The number of carboxylic acids is 1. The van der Waals surface area contributed by atoms with Gasteiger partial charge < -0.3 is 10.1 Å². The van der Waals surface area contributed by atoms with E-state index < -0.39 is 23.8 Å². The lowest BCUT2D eigenvalue weighted by atomic mass is 9.64. The number of aliphatic carboxylic acids is 1. The molecule has 2 N–H and O–H groups in total. The highest BCUT2D eigenvalue weighted by molar-refractivity contribution is 8.00. The Hall–Kier alpha value is -1.61. The van der Waals surface area contributed by atoms with Gasteiger partial charge in [0, 0.05) is 15.5 Å². The van der Waals surface area contributed by atoms with Crippen LogP contribution in [0.3, 0.4) is 0 Å². The van der Waals surface area contributed by atoms with Crippen molar-refractivity contribution >= 4 is 40.9 Å². The number of carboxylic acid groups (broad SMARTS) is 1. The van der Waals surface area contributed by atoms with E-state index in [4.69, 9.17) is 0 Å². The molecule has 1 saturated heterocycles. The molecule has 5 rings (SSSR count). The first-order chi connectivity index (χ1) is 13.6. The van der Waals surface area contributed by atoms with Gasteiger partial charge in [-0.1, -0.05) is 39.0 Å². The molecule has 2 aliphatic heterocycles. The number of amides is 2. The van der Waals surface area contributed by atoms with E-state index in [0.717, 1.165) is 21.2 Å². The number of nitrogens with one attached hydrogen (secondary N) is 1. The number of carbonyl (C=O) groups is 3. The van der Waals surface area contributed by atoms with Crippen LogP contribution in [-0.4, -0.2) is 44.1 Å². The lowest BCUT2D eigenvalue weighted by molar-refractivity contribution is -0.157. The molecule has 2 saturated carbocycles. The van der Waals surface area contributed by atoms with Crippen LogP contribution in [0.25, 0.3) is 0 Å². The van der Waals surface area contributed by atoms with Gasteiger partial charge in [0.05, 0.1) is 16.9 Å². The van der Waals surface area contributed by atoms with Crippen LogP contribution in [-0.2, 0) is 19.8 Å². The van der Waals surface area contributed by atoms with Crippen molar-refractivity contribution in [1.29, 1.82) is 0 Å². The van der Waals surface area contributed by atoms with E-state index >= 15 is 0 Å². The highest BCUT2D eigenvalue weighted by Gasteiger charge is 2.71. The molecule has 29 heavy (non-hydrogen) atoms. The summed E-state index contributed by atoms with van der Waals surface area (Å²) in [6.07, 6.45) is 0.824. The van der Waals surface area contributed by atoms with Crippen molar-refractivity contribution < 1.29 is 19.5 Å². The Morgan fingerprint density at radius 2 is 1.79 bits per heavy atom. The third kappa shape index (κ3) is 2.31. The van der Waals surface area contributed by atoms with Gasteiger partial charge >= 0.3 is 10.8 Å². The highest BCUT2D eigenvalue weighted by atomic mass is 32.2. The molecule has 9 heteroatoms. The lowest BCUT2D eigenvalue weighted by Crippen LogP contribution is -2.49. The van der Waals surface area contributed by atoms with Crippen LogP contribution in [0, 0.1) is 35.5 Å². The topological polar surface area (TPSA) is 108 Å². The van der Waals surface area contributed by atoms with Crippen LogP contribution >= 0.6 is 23.1 Å². The maximum absolute atomic E-state index is 13.4. The molecule has 3 fully saturated rings. The summed E-state index contributed by atoms with van der Waals surface area (Å²) in [5.74, 6) is -2.66. The first-order valence-corrected chi connectivity index (χ1v) is 11.7. The minimum Gasteiger partial charge on any atom is -0.480 e. The number of aromatic amines is 1. The van der Waals surface area contributed by atoms with Crippen molar-refractivity contribution in [3.8, 4) is 0 Å². The second kappa shape index (κ2) is 5.97. The third-order valence-corrected chi connectivity index (χ3v) is 10.4. The number of thiazole rings is 1. The fourth-order valence-electron chi connectivity index (χ4n) is 6.64. The normalized spacial score (nSPS) is 37.6. The van der Waals surface area contributed by atoms with Gasteiger partial charge in [-0.05, 0) is 30.1 Å². The predicted molar refractivity (Wildman–Crippen MR) is 108 cm³/mol. The molecule has 0 spiro atoms. The number of fused-ring (bicyclic) bond motifs is 9. The maximum Gasteiger partial charge on any atom is 0.327 e. The highest BCUT2D eigenvalue weighted by Crippen LogP contribution is 2.69. The molecule has 0 aromatic carbocycles. The maximum atomic E-state index is 13.4. The summed E-state index contributed by atoms with van der Waals surface area (Å²) >= 11 is 2.89. The summed E-state index contributed by atoms with van der Waals surface area (Å²) in [7, 11) is 0. The van der Waals surface area contributed by atoms with Crippen LogP contribution in [0.2, 0.25) is 0 Å². The molecule has 2 amide bonds. The van der Waals surface area contributed by atoms with Gasteiger partial charge in [0.2, 0.25) is 11.8 Å². The Kier molecular flexibility index (Phi) is 3.98. The number of rotatable bonds is 3. The molecule has 3 heterocycles. The number of likely N-dealkylation sites (tertiary alicyclic amines) is 1. The van der Waals surface area contributed by atoms with E-state index in [9.17, 15) is 24.3 Å². The summed E-state index contributed by atoms with van der Waals surface area (Å²) in [4.78, 5) is 55.4. The smallest absolute Gasteiger partial charge is 0.327 e. The Labute approximate surface area is 176 Å². The van der Waals surface area contributed by atoms with Gasteiger partial charge in [-0.25, -0.2) is 4.79 Å². The van der Waals surface area contributed by atoms with Crippen molar-refractivity contribution in [2.75, 3.05) is 0 Å². The zero-order valence-corrected chi connectivity index (χ0v) is 18.3. The molecule has 2 aliphatic carbocycles. The van der Waals surface area contributed by atoms with E-state index in [1.807, 2.05) is 0 Å². The zero-order valence-electron chi connectivity index (χ0n) is 16.7. The van der Waals surface area contributed by atoms with Crippen LogP contribution in [0.5, 0.6) is 0 Å². The summed E-state index contributed by atoms with van der Waals surface area (Å²) in [5, 5.41) is 10.7. The van der Waals surface area contributed by atoms with Crippen molar-refractivity contribution in [3.05, 3.63) is 14.5 Å². The number of carbonyl (C=O) groups excluding carboxylic acids is 2. The van der Waals surface area contributed by atoms with E-state index in [1.165, 1.54) is 11.3 Å². The molecule has 156 valence electrons. The van der Waals surface area contributed by atoms with Gasteiger partial charge in [-0.3, -0.25) is 19.3 Å². The summed E-state index contributed by atoms with van der Waals surface area (Å²) < 4.78 is 0. The van der Waals surface area contributed by atoms with E-state index in [0.29, 0.717) is 0 Å². The van der Waals surface area contributed by atoms with Crippen molar-refractivity contribution in [2.24, 2.45) is 35.5 Å². The average Bonchev–Trinajstić information content (AvgIpc) is 3.32. The fraction of sp³-hybridized carbons (Fsp3) is 0.700. The first-order valence-electron chi connectivity index (χ1n) is 10.1. The molecule has 7 atom stereocenters. The molecule has 0 radical (unpaired) electrons. The molecular formula is C20H24N2O5S2. The number of hydrogen-bond acceptors (Lipinski definition) is 6. The predicted octanol–water partition coefficient (Wildman–Crippen LogP) is 2.16. The zero-order chi connectivity index (χ0) is 21.0. The summed E-state index contributed by atoms with van der Waals surface area (Å²) in [6.45, 7) is 7.73. The van der Waals surface area contributed by atoms with Gasteiger partial charge in [0.25, 0.3) is 0 Å². The summed E-state index contributed by atoms with van der Waals surface area (Å²) in [6, 6.07) is -1.11. The number of hydrogen-bond donors (Lipinski definition) is 2. The van der Waals surface area contributed by atoms with Crippen LogP contribution < -0.4 is 4.87 Å². The van der Waals surface area contributed by atoms with Crippen molar-refractivity contribution in [3.63, 3.8) is 0 Å². The molecule has 2 bridgehead atoms. The number of thioether (sulfide) groups is 1. The molecule has 6 unspecified atom stereocenters. The van der Waals surface area contributed by atoms with Gasteiger partial charge in [0.15, 0.2) is 0 Å². The monoisotopic (exact) mass is 436 g/mol. The SMILES string of the molecule is CC(C)C(C(=O)O)N1C(=O)C2C3CC(C2C1=O)[C@@H]1C3Sc2[nH]c(=O)sc2C1(C)C. The molecular weight excluding hydrogens is 412 g/mol. The number of nitrogens with zero attached hydrogens (tertiary/aromatic N) is 1. The number of aromatic nitrogens is 1. The van der Waals surface area contributed by atoms with Crippen molar-refractivity contribution in [2.45, 2.75) is 55.8 Å². The van der Waals surface area contributed by atoms with E-state index in [2.05, 4.69) is 18.8 Å². The minimum atomic E-state index is -1.12. The van der Waals surface area contributed by atoms with Crippen LogP contribution in [0.4, 0.5) is 0 Å². The second-order valence-corrected chi connectivity index (χ2v) is 11.9. The van der Waals surface area contributed by atoms with Crippen molar-refractivity contribution in [1.82, 2.24) is 9.88 Å². The largest absolute Gasteiger partial charge is 0.480 e. The van der Waals surface area contributed by atoms with Crippen LogP contribution in [0.1, 0.15) is 39.0 Å². The Bertz CT molecular complexity index is 995. The Balaban J connectivity index is 1.56. The quantitative estimate of drug-likeness (QED) is 0.703. The first kappa shape index (κ1) is 19.4. The standard InChI is InChI=1S/C20H24N2O5S2/c1-6(2)12(18(25)26)22-16(23)9-7-5-8(10(9)17(22)24)13-11(7)20(3,4)14-15(28-13)21-19(27)29-14/h6-13H,5H2,1-4H3,(H,21,27)(H,25,26)/t7?,8?,9?,10?,11-,12?,13?/m1/s1. The van der Waals surface area contributed by atoms with Gasteiger partial charge in [-0.15, -0.1) is 11.8 Å². The lowest BCUT2D eigenvalue weighted by Gasteiger charge is -2.47. The second-order valence-electron chi connectivity index (χ2n) is 9.69. The Morgan fingerprint density at radius 3 is 2.38 bits per heavy atom.